The number of aromatic nitrogens is 2. The standard InChI is InChI=1S/C12H9FN2O2/c1-7-6-8(2-3-9(7)13)11-14-5-4-10(15-11)12(16)17/h2-6H,1H3,(H,16,17). The van der Waals surface area contributed by atoms with Gasteiger partial charge in [-0.15, -0.1) is 0 Å². The molecular weight excluding hydrogens is 223 g/mol. The van der Waals surface area contributed by atoms with Crippen LogP contribution >= 0.6 is 0 Å². The SMILES string of the molecule is Cc1cc(-c2nccc(C(=O)O)n2)ccc1F. The van der Waals surface area contributed by atoms with Crippen molar-refractivity contribution in [2.24, 2.45) is 0 Å². The third kappa shape index (κ3) is 2.28. The van der Waals surface area contributed by atoms with Crippen LogP contribution in [0.5, 0.6) is 0 Å². The van der Waals surface area contributed by atoms with Crippen molar-refractivity contribution < 1.29 is 14.3 Å². The fraction of sp³-hybridized carbons (Fsp3) is 0.0833. The van der Waals surface area contributed by atoms with E-state index in [1.54, 1.807) is 13.0 Å². The fourth-order valence-electron chi connectivity index (χ4n) is 1.40. The zero-order chi connectivity index (χ0) is 12.4. The summed E-state index contributed by atoms with van der Waals surface area (Å²) in [5.74, 6) is -1.16. The Hall–Kier alpha value is -2.30. The van der Waals surface area contributed by atoms with Gasteiger partial charge >= 0.3 is 5.97 Å². The largest absolute Gasteiger partial charge is 0.477 e. The lowest BCUT2D eigenvalue weighted by atomic mass is 10.1. The third-order valence-corrected chi connectivity index (χ3v) is 2.29. The van der Waals surface area contributed by atoms with Crippen molar-refractivity contribution in [2.75, 3.05) is 0 Å². The number of carboxylic acids is 1. The van der Waals surface area contributed by atoms with Crippen LogP contribution in [0.4, 0.5) is 4.39 Å². The van der Waals surface area contributed by atoms with Crippen molar-refractivity contribution in [2.45, 2.75) is 6.92 Å². The molecule has 2 rings (SSSR count). The number of benzene rings is 1. The molecular formula is C12H9FN2O2. The second-order valence-electron chi connectivity index (χ2n) is 3.53. The van der Waals surface area contributed by atoms with E-state index in [4.69, 9.17) is 5.11 Å². The summed E-state index contributed by atoms with van der Waals surface area (Å²) in [5, 5.41) is 8.80. The van der Waals surface area contributed by atoms with Crippen LogP contribution in [0.25, 0.3) is 11.4 Å². The van der Waals surface area contributed by atoms with Gasteiger partial charge in [0, 0.05) is 11.8 Å². The number of hydrogen-bond acceptors (Lipinski definition) is 3. The molecule has 1 heterocycles. The number of halogens is 1. The maximum Gasteiger partial charge on any atom is 0.354 e. The maximum atomic E-state index is 13.1. The van der Waals surface area contributed by atoms with Gasteiger partial charge < -0.3 is 5.11 Å². The molecule has 1 aromatic carbocycles. The van der Waals surface area contributed by atoms with Crippen molar-refractivity contribution in [3.63, 3.8) is 0 Å². The highest BCUT2D eigenvalue weighted by molar-refractivity contribution is 5.85. The molecule has 5 heteroatoms. The summed E-state index contributed by atoms with van der Waals surface area (Å²) in [7, 11) is 0. The Labute approximate surface area is 96.8 Å². The molecule has 17 heavy (non-hydrogen) atoms. The first kappa shape index (κ1) is 11.2. The quantitative estimate of drug-likeness (QED) is 0.862. The van der Waals surface area contributed by atoms with Crippen LogP contribution in [0.2, 0.25) is 0 Å². The number of aryl methyl sites for hydroxylation is 1. The summed E-state index contributed by atoms with van der Waals surface area (Å²) in [6.45, 7) is 1.62. The van der Waals surface area contributed by atoms with E-state index in [-0.39, 0.29) is 17.3 Å². The molecule has 0 aliphatic carbocycles. The van der Waals surface area contributed by atoms with Gasteiger partial charge in [0.2, 0.25) is 0 Å². The molecule has 86 valence electrons. The maximum absolute atomic E-state index is 13.1. The van der Waals surface area contributed by atoms with Gasteiger partial charge in [-0.2, -0.15) is 0 Å². The number of aromatic carboxylic acids is 1. The van der Waals surface area contributed by atoms with Crippen LogP contribution in [-0.4, -0.2) is 21.0 Å². The molecule has 4 nitrogen and oxygen atoms in total. The lowest BCUT2D eigenvalue weighted by molar-refractivity contribution is 0.0690. The van der Waals surface area contributed by atoms with Gasteiger partial charge in [-0.1, -0.05) is 0 Å². The molecule has 0 saturated carbocycles. The average molecular weight is 232 g/mol. The highest BCUT2D eigenvalue weighted by Crippen LogP contribution is 2.18. The normalized spacial score (nSPS) is 10.2. The van der Waals surface area contributed by atoms with E-state index in [9.17, 15) is 9.18 Å². The van der Waals surface area contributed by atoms with E-state index in [1.807, 2.05) is 0 Å². The van der Waals surface area contributed by atoms with Gasteiger partial charge in [-0.3, -0.25) is 0 Å². The highest BCUT2D eigenvalue weighted by Gasteiger charge is 2.08. The van der Waals surface area contributed by atoms with E-state index in [0.29, 0.717) is 11.1 Å². The zero-order valence-electron chi connectivity index (χ0n) is 9.01. The summed E-state index contributed by atoms with van der Waals surface area (Å²) < 4.78 is 13.1. The van der Waals surface area contributed by atoms with Gasteiger partial charge in [-0.05, 0) is 36.8 Å². The molecule has 0 aliphatic heterocycles. The summed E-state index contributed by atoms with van der Waals surface area (Å²) in [6, 6.07) is 5.71. The van der Waals surface area contributed by atoms with Crippen molar-refractivity contribution in [1.82, 2.24) is 9.97 Å². The van der Waals surface area contributed by atoms with E-state index in [0.717, 1.165) is 0 Å². The molecule has 0 bridgehead atoms. The smallest absolute Gasteiger partial charge is 0.354 e. The minimum Gasteiger partial charge on any atom is -0.477 e. The van der Waals surface area contributed by atoms with Gasteiger partial charge in [0.05, 0.1) is 0 Å². The van der Waals surface area contributed by atoms with Crippen LogP contribution in [0, 0.1) is 12.7 Å². The van der Waals surface area contributed by atoms with E-state index in [2.05, 4.69) is 9.97 Å². The Balaban J connectivity index is 2.49. The Kier molecular flexibility index (Phi) is 2.82. The minimum absolute atomic E-state index is 0.0861. The summed E-state index contributed by atoms with van der Waals surface area (Å²) >= 11 is 0. The van der Waals surface area contributed by atoms with Gasteiger partial charge in [0.15, 0.2) is 11.5 Å². The first-order valence-corrected chi connectivity index (χ1v) is 4.91. The van der Waals surface area contributed by atoms with Crippen LogP contribution in [0.1, 0.15) is 16.1 Å². The highest BCUT2D eigenvalue weighted by atomic mass is 19.1. The molecule has 0 spiro atoms. The molecule has 0 radical (unpaired) electrons. The molecule has 0 aliphatic rings. The third-order valence-electron chi connectivity index (χ3n) is 2.29. The van der Waals surface area contributed by atoms with E-state index >= 15 is 0 Å². The van der Waals surface area contributed by atoms with Crippen LogP contribution in [0.15, 0.2) is 30.5 Å². The van der Waals surface area contributed by atoms with Gasteiger partial charge in [0.1, 0.15) is 5.82 Å². The Morgan fingerprint density at radius 3 is 2.76 bits per heavy atom. The summed E-state index contributed by atoms with van der Waals surface area (Å²) in [5.41, 5.74) is 0.968. The van der Waals surface area contributed by atoms with Crippen LogP contribution in [0.3, 0.4) is 0 Å². The number of hydrogen-bond donors (Lipinski definition) is 1. The monoisotopic (exact) mass is 232 g/mol. The molecule has 2 aromatic rings. The first-order chi connectivity index (χ1) is 8.08. The minimum atomic E-state index is -1.12. The van der Waals surface area contributed by atoms with Gasteiger partial charge in [0.25, 0.3) is 0 Å². The van der Waals surface area contributed by atoms with Crippen molar-refractivity contribution in [3.05, 3.63) is 47.5 Å². The lowest BCUT2D eigenvalue weighted by Crippen LogP contribution is -2.02. The number of rotatable bonds is 2. The Bertz CT molecular complexity index is 584. The van der Waals surface area contributed by atoms with Gasteiger partial charge in [-0.25, -0.2) is 19.2 Å². The predicted octanol–water partition coefficient (Wildman–Crippen LogP) is 2.29. The molecule has 0 saturated heterocycles. The van der Waals surface area contributed by atoms with Crippen LogP contribution in [-0.2, 0) is 0 Å². The fourth-order valence-corrected chi connectivity index (χ4v) is 1.40. The molecule has 0 atom stereocenters. The molecule has 0 amide bonds. The Morgan fingerprint density at radius 1 is 1.35 bits per heavy atom. The average Bonchev–Trinajstić information content (AvgIpc) is 2.33. The Morgan fingerprint density at radius 2 is 2.12 bits per heavy atom. The summed E-state index contributed by atoms with van der Waals surface area (Å²) in [6.07, 6.45) is 1.37. The first-order valence-electron chi connectivity index (χ1n) is 4.91. The number of nitrogens with zero attached hydrogens (tertiary/aromatic N) is 2. The van der Waals surface area contributed by atoms with E-state index in [1.165, 1.54) is 24.4 Å². The topological polar surface area (TPSA) is 63.1 Å². The van der Waals surface area contributed by atoms with Crippen LogP contribution < -0.4 is 0 Å². The zero-order valence-corrected chi connectivity index (χ0v) is 9.01. The number of carbonyl (C=O) groups is 1. The second kappa shape index (κ2) is 4.29. The van der Waals surface area contributed by atoms with Crippen molar-refractivity contribution >= 4 is 5.97 Å². The molecule has 0 unspecified atom stereocenters. The molecule has 1 N–H and O–H groups in total. The lowest BCUT2D eigenvalue weighted by Gasteiger charge is -2.03. The number of carboxylic acid groups (broad SMARTS) is 1. The van der Waals surface area contributed by atoms with Crippen molar-refractivity contribution in [3.8, 4) is 11.4 Å². The second-order valence-corrected chi connectivity index (χ2v) is 3.53. The summed E-state index contributed by atoms with van der Waals surface area (Å²) in [4.78, 5) is 18.6. The van der Waals surface area contributed by atoms with Crippen molar-refractivity contribution in [1.29, 1.82) is 0 Å². The predicted molar refractivity (Wildman–Crippen MR) is 59.1 cm³/mol. The van der Waals surface area contributed by atoms with E-state index < -0.39 is 5.97 Å². The molecule has 0 fully saturated rings. The molecule has 1 aromatic heterocycles.